The van der Waals surface area contributed by atoms with Gasteiger partial charge in [0.15, 0.2) is 0 Å². The summed E-state index contributed by atoms with van der Waals surface area (Å²) in [7, 11) is 0. The second-order valence-corrected chi connectivity index (χ2v) is 4.85. The second-order valence-electron chi connectivity index (χ2n) is 4.85. The molecule has 2 fully saturated rings. The van der Waals surface area contributed by atoms with Gasteiger partial charge in [0, 0.05) is 19.2 Å². The third-order valence-electron chi connectivity index (χ3n) is 3.75. The lowest BCUT2D eigenvalue weighted by molar-refractivity contribution is 0.178. The van der Waals surface area contributed by atoms with E-state index in [-0.39, 0.29) is 0 Å². The average Bonchev–Trinajstić information content (AvgIpc) is 2.80. The van der Waals surface area contributed by atoms with Gasteiger partial charge in [0.1, 0.15) is 0 Å². The van der Waals surface area contributed by atoms with E-state index < -0.39 is 0 Å². The summed E-state index contributed by atoms with van der Waals surface area (Å²) in [6, 6.07) is 0.758. The Bertz CT molecular complexity index is 172. The molecule has 0 aromatic heterocycles. The Morgan fingerprint density at radius 1 is 1.27 bits per heavy atom. The lowest BCUT2D eigenvalue weighted by atomic mass is 10.0. The first-order valence-corrected chi connectivity index (χ1v) is 6.42. The number of hydrogen-bond donors (Lipinski definition) is 1. The zero-order valence-corrected chi connectivity index (χ0v) is 9.87. The fraction of sp³-hybridized carbons (Fsp3) is 1.00. The molecule has 2 rings (SSSR count). The first kappa shape index (κ1) is 11.4. The normalized spacial score (nSPS) is 29.8. The van der Waals surface area contributed by atoms with Crippen LogP contribution in [0.5, 0.6) is 0 Å². The quantitative estimate of drug-likeness (QED) is 0.755. The van der Waals surface area contributed by atoms with Crippen LogP contribution in [0.3, 0.4) is 0 Å². The van der Waals surface area contributed by atoms with Crippen molar-refractivity contribution in [2.24, 2.45) is 5.92 Å². The molecule has 88 valence electrons. The van der Waals surface area contributed by atoms with Crippen LogP contribution in [0.4, 0.5) is 0 Å². The monoisotopic (exact) mass is 212 g/mol. The molecule has 2 saturated heterocycles. The minimum atomic E-state index is 0.758. The Kier molecular flexibility index (Phi) is 4.42. The van der Waals surface area contributed by atoms with Crippen molar-refractivity contribution < 1.29 is 4.74 Å². The number of hydrogen-bond acceptors (Lipinski definition) is 3. The summed E-state index contributed by atoms with van der Waals surface area (Å²) >= 11 is 0. The molecule has 0 amide bonds. The van der Waals surface area contributed by atoms with Crippen molar-refractivity contribution in [3.63, 3.8) is 0 Å². The van der Waals surface area contributed by atoms with Crippen molar-refractivity contribution in [3.05, 3.63) is 0 Å². The molecule has 3 nitrogen and oxygen atoms in total. The lowest BCUT2D eigenvalue weighted by Crippen LogP contribution is -2.43. The molecule has 0 aromatic rings. The molecular weight excluding hydrogens is 188 g/mol. The third-order valence-corrected chi connectivity index (χ3v) is 3.75. The summed E-state index contributed by atoms with van der Waals surface area (Å²) in [6.45, 7) is 9.12. The van der Waals surface area contributed by atoms with E-state index in [9.17, 15) is 0 Å². The number of ether oxygens (including phenoxy) is 1. The van der Waals surface area contributed by atoms with E-state index in [1.807, 2.05) is 0 Å². The molecule has 0 spiro atoms. The van der Waals surface area contributed by atoms with Gasteiger partial charge in [-0.15, -0.1) is 0 Å². The highest BCUT2D eigenvalue weighted by molar-refractivity contribution is 4.78. The summed E-state index contributed by atoms with van der Waals surface area (Å²) < 4.78 is 5.38. The minimum Gasteiger partial charge on any atom is -0.381 e. The molecule has 0 bridgehead atoms. The van der Waals surface area contributed by atoms with Gasteiger partial charge in [0.25, 0.3) is 0 Å². The summed E-state index contributed by atoms with van der Waals surface area (Å²) in [5.41, 5.74) is 0. The Labute approximate surface area is 93.2 Å². The molecular formula is C12H24N2O. The van der Waals surface area contributed by atoms with Crippen LogP contribution >= 0.6 is 0 Å². The van der Waals surface area contributed by atoms with Gasteiger partial charge < -0.3 is 15.0 Å². The van der Waals surface area contributed by atoms with E-state index in [2.05, 4.69) is 17.1 Å². The molecule has 2 aliphatic rings. The van der Waals surface area contributed by atoms with E-state index in [1.54, 1.807) is 0 Å². The van der Waals surface area contributed by atoms with Gasteiger partial charge in [-0.25, -0.2) is 0 Å². The summed E-state index contributed by atoms with van der Waals surface area (Å²) in [4.78, 5) is 2.54. The lowest BCUT2D eigenvalue weighted by Gasteiger charge is -2.32. The van der Waals surface area contributed by atoms with E-state index >= 15 is 0 Å². The second kappa shape index (κ2) is 5.83. The van der Waals surface area contributed by atoms with Crippen molar-refractivity contribution in [2.75, 3.05) is 39.4 Å². The Hall–Kier alpha value is -0.120. The van der Waals surface area contributed by atoms with Crippen LogP contribution < -0.4 is 5.32 Å². The number of rotatable bonds is 4. The zero-order valence-electron chi connectivity index (χ0n) is 9.87. The molecule has 1 atom stereocenters. The van der Waals surface area contributed by atoms with Gasteiger partial charge in [0.2, 0.25) is 0 Å². The van der Waals surface area contributed by atoms with Gasteiger partial charge >= 0.3 is 0 Å². The van der Waals surface area contributed by atoms with Gasteiger partial charge in [-0.1, -0.05) is 6.92 Å². The van der Waals surface area contributed by atoms with E-state index in [0.29, 0.717) is 0 Å². The first-order valence-electron chi connectivity index (χ1n) is 6.42. The largest absolute Gasteiger partial charge is 0.381 e. The van der Waals surface area contributed by atoms with Gasteiger partial charge in [0.05, 0.1) is 6.61 Å². The highest BCUT2D eigenvalue weighted by Crippen LogP contribution is 2.13. The molecule has 0 radical (unpaired) electrons. The maximum Gasteiger partial charge on any atom is 0.0507 e. The van der Waals surface area contributed by atoms with E-state index in [1.165, 1.54) is 38.9 Å². The van der Waals surface area contributed by atoms with E-state index in [4.69, 9.17) is 4.74 Å². The van der Waals surface area contributed by atoms with Crippen LogP contribution in [-0.4, -0.2) is 50.3 Å². The highest BCUT2D eigenvalue weighted by Gasteiger charge is 2.20. The third kappa shape index (κ3) is 3.44. The van der Waals surface area contributed by atoms with Gasteiger partial charge in [-0.2, -0.15) is 0 Å². The SMILES string of the molecule is CCN1CCC(NCC2CCOC2)CC1. The van der Waals surface area contributed by atoms with Crippen LogP contribution in [0.15, 0.2) is 0 Å². The number of piperidine rings is 1. The van der Waals surface area contributed by atoms with Crippen molar-refractivity contribution in [1.29, 1.82) is 0 Å². The van der Waals surface area contributed by atoms with Crippen LogP contribution in [0, 0.1) is 5.92 Å². The zero-order chi connectivity index (χ0) is 10.5. The minimum absolute atomic E-state index is 0.758. The smallest absolute Gasteiger partial charge is 0.0507 e. The topological polar surface area (TPSA) is 24.5 Å². The van der Waals surface area contributed by atoms with Crippen LogP contribution in [0.1, 0.15) is 26.2 Å². The maximum atomic E-state index is 5.38. The van der Waals surface area contributed by atoms with Crippen molar-refractivity contribution in [2.45, 2.75) is 32.2 Å². The van der Waals surface area contributed by atoms with Gasteiger partial charge in [-0.05, 0) is 44.8 Å². The highest BCUT2D eigenvalue weighted by atomic mass is 16.5. The molecule has 0 aliphatic carbocycles. The number of nitrogens with zero attached hydrogens (tertiary/aromatic N) is 1. The molecule has 2 aliphatic heterocycles. The van der Waals surface area contributed by atoms with Crippen molar-refractivity contribution >= 4 is 0 Å². The van der Waals surface area contributed by atoms with Crippen LogP contribution in [-0.2, 0) is 4.74 Å². The molecule has 2 heterocycles. The molecule has 0 saturated carbocycles. The maximum absolute atomic E-state index is 5.38. The van der Waals surface area contributed by atoms with Crippen molar-refractivity contribution in [3.8, 4) is 0 Å². The molecule has 0 aromatic carbocycles. The standard InChI is InChI=1S/C12H24N2O/c1-2-14-6-3-12(4-7-14)13-9-11-5-8-15-10-11/h11-13H,2-10H2,1H3. The Morgan fingerprint density at radius 2 is 2.07 bits per heavy atom. The fourth-order valence-electron chi connectivity index (χ4n) is 2.53. The Morgan fingerprint density at radius 3 is 2.67 bits per heavy atom. The predicted molar refractivity (Wildman–Crippen MR) is 62.1 cm³/mol. The first-order chi connectivity index (χ1) is 7.38. The van der Waals surface area contributed by atoms with Crippen molar-refractivity contribution in [1.82, 2.24) is 10.2 Å². The van der Waals surface area contributed by atoms with Crippen LogP contribution in [0.25, 0.3) is 0 Å². The molecule has 15 heavy (non-hydrogen) atoms. The number of nitrogens with one attached hydrogen (secondary N) is 1. The molecule has 3 heteroatoms. The summed E-state index contributed by atoms with van der Waals surface area (Å²) in [6.07, 6.45) is 3.89. The average molecular weight is 212 g/mol. The Balaban J connectivity index is 1.59. The van der Waals surface area contributed by atoms with E-state index in [0.717, 1.165) is 31.7 Å². The van der Waals surface area contributed by atoms with Gasteiger partial charge in [-0.3, -0.25) is 0 Å². The molecule has 1 unspecified atom stereocenters. The number of likely N-dealkylation sites (tertiary alicyclic amines) is 1. The molecule has 1 N–H and O–H groups in total. The summed E-state index contributed by atoms with van der Waals surface area (Å²) in [5, 5.41) is 3.70. The van der Waals surface area contributed by atoms with Crippen LogP contribution in [0.2, 0.25) is 0 Å². The fourth-order valence-corrected chi connectivity index (χ4v) is 2.53. The predicted octanol–water partition coefficient (Wildman–Crippen LogP) is 1.10. The summed E-state index contributed by atoms with van der Waals surface area (Å²) in [5.74, 6) is 0.772.